The van der Waals surface area contributed by atoms with E-state index in [0.29, 0.717) is 22.7 Å². The first kappa shape index (κ1) is 22.0. The van der Waals surface area contributed by atoms with Crippen LogP contribution in [0.1, 0.15) is 52.5 Å². The summed E-state index contributed by atoms with van der Waals surface area (Å²) in [5.74, 6) is -0.0739. The van der Waals surface area contributed by atoms with Crippen molar-refractivity contribution in [3.8, 4) is 16.3 Å². The number of carbonyl (C=O) groups is 2. The third kappa shape index (κ3) is 4.53. The number of rotatable bonds is 6. The Hall–Kier alpha value is -3.19. The van der Waals surface area contributed by atoms with Crippen LogP contribution < -0.4 is 10.1 Å². The van der Waals surface area contributed by atoms with Gasteiger partial charge in [0, 0.05) is 24.2 Å². The molecule has 2 aromatic heterocycles. The van der Waals surface area contributed by atoms with Crippen LogP contribution in [-0.4, -0.2) is 41.4 Å². The number of carbonyl (C=O) groups excluding carboxylic acids is 2. The van der Waals surface area contributed by atoms with Gasteiger partial charge in [-0.05, 0) is 56.4 Å². The Bertz CT molecular complexity index is 1100. The van der Waals surface area contributed by atoms with E-state index in [0.717, 1.165) is 48.4 Å². The SMILES string of the molecule is CCOc1ncccc1C(=O)Nc1sc(-c2ccccc2)c(C)c1C(=O)N1CCCCC1. The van der Waals surface area contributed by atoms with Gasteiger partial charge in [0.25, 0.3) is 11.8 Å². The Morgan fingerprint density at radius 1 is 1.09 bits per heavy atom. The van der Waals surface area contributed by atoms with Gasteiger partial charge in [0.2, 0.25) is 5.88 Å². The number of likely N-dealkylation sites (tertiary alicyclic amines) is 1. The molecule has 0 spiro atoms. The van der Waals surface area contributed by atoms with Crippen molar-refractivity contribution in [3.05, 3.63) is 65.4 Å². The van der Waals surface area contributed by atoms with Crippen molar-refractivity contribution >= 4 is 28.2 Å². The van der Waals surface area contributed by atoms with Crippen LogP contribution in [0.5, 0.6) is 5.88 Å². The number of hydrogen-bond donors (Lipinski definition) is 1. The lowest BCUT2D eigenvalue weighted by atomic mass is 10.0. The number of anilines is 1. The number of benzene rings is 1. The number of aromatic nitrogens is 1. The van der Waals surface area contributed by atoms with Gasteiger partial charge in [0.15, 0.2) is 0 Å². The molecular formula is C25H27N3O3S. The highest BCUT2D eigenvalue weighted by atomic mass is 32.1. The average molecular weight is 450 g/mol. The van der Waals surface area contributed by atoms with Crippen LogP contribution in [0.15, 0.2) is 48.7 Å². The minimum absolute atomic E-state index is 0.0212. The number of piperidine rings is 1. The van der Waals surface area contributed by atoms with E-state index < -0.39 is 0 Å². The largest absolute Gasteiger partial charge is 0.477 e. The van der Waals surface area contributed by atoms with Crippen LogP contribution in [0.2, 0.25) is 0 Å². The fourth-order valence-corrected chi connectivity index (χ4v) is 5.16. The second-order valence-corrected chi connectivity index (χ2v) is 8.74. The minimum Gasteiger partial charge on any atom is -0.477 e. The second kappa shape index (κ2) is 9.96. The summed E-state index contributed by atoms with van der Waals surface area (Å²) in [5, 5.41) is 3.55. The summed E-state index contributed by atoms with van der Waals surface area (Å²) >= 11 is 1.43. The van der Waals surface area contributed by atoms with Gasteiger partial charge in [0.1, 0.15) is 10.6 Å². The number of thiophene rings is 1. The monoisotopic (exact) mass is 449 g/mol. The molecule has 3 aromatic rings. The molecule has 1 fully saturated rings. The number of amides is 2. The molecule has 0 unspecified atom stereocenters. The second-order valence-electron chi connectivity index (χ2n) is 7.72. The van der Waals surface area contributed by atoms with Crippen LogP contribution >= 0.6 is 11.3 Å². The zero-order chi connectivity index (χ0) is 22.5. The van der Waals surface area contributed by atoms with E-state index in [9.17, 15) is 9.59 Å². The molecule has 166 valence electrons. The fourth-order valence-electron chi connectivity index (χ4n) is 3.96. The van der Waals surface area contributed by atoms with Crippen molar-refractivity contribution in [2.24, 2.45) is 0 Å². The van der Waals surface area contributed by atoms with Crippen molar-refractivity contribution < 1.29 is 14.3 Å². The van der Waals surface area contributed by atoms with Crippen LogP contribution in [-0.2, 0) is 0 Å². The average Bonchev–Trinajstić information content (AvgIpc) is 3.15. The lowest BCUT2D eigenvalue weighted by Crippen LogP contribution is -2.36. The van der Waals surface area contributed by atoms with E-state index >= 15 is 0 Å². The molecule has 0 aliphatic carbocycles. The van der Waals surface area contributed by atoms with Crippen molar-refractivity contribution in [2.75, 3.05) is 25.0 Å². The third-order valence-corrected chi connectivity index (χ3v) is 6.82. The molecule has 1 aliphatic heterocycles. The fraction of sp³-hybridized carbons (Fsp3) is 0.320. The summed E-state index contributed by atoms with van der Waals surface area (Å²) in [6.45, 7) is 5.71. The van der Waals surface area contributed by atoms with Crippen LogP contribution in [0.4, 0.5) is 5.00 Å². The molecule has 1 saturated heterocycles. The molecule has 4 rings (SSSR count). The van der Waals surface area contributed by atoms with Gasteiger partial charge < -0.3 is 15.0 Å². The lowest BCUT2D eigenvalue weighted by molar-refractivity contribution is 0.0725. The van der Waals surface area contributed by atoms with Crippen molar-refractivity contribution in [2.45, 2.75) is 33.1 Å². The van der Waals surface area contributed by atoms with Crippen molar-refractivity contribution in [1.29, 1.82) is 0 Å². The van der Waals surface area contributed by atoms with Crippen molar-refractivity contribution in [3.63, 3.8) is 0 Å². The highest BCUT2D eigenvalue weighted by Gasteiger charge is 2.28. The zero-order valence-electron chi connectivity index (χ0n) is 18.4. The molecular weight excluding hydrogens is 422 g/mol. The maximum atomic E-state index is 13.5. The maximum Gasteiger partial charge on any atom is 0.261 e. The molecule has 0 radical (unpaired) electrons. The summed E-state index contributed by atoms with van der Waals surface area (Å²) in [5.41, 5.74) is 2.84. The molecule has 2 amide bonds. The van der Waals surface area contributed by atoms with Gasteiger partial charge in [-0.25, -0.2) is 4.98 Å². The first-order valence-corrected chi connectivity index (χ1v) is 11.8. The zero-order valence-corrected chi connectivity index (χ0v) is 19.2. The number of pyridine rings is 1. The Balaban J connectivity index is 1.73. The number of ether oxygens (including phenoxy) is 1. The van der Waals surface area contributed by atoms with Gasteiger partial charge >= 0.3 is 0 Å². The van der Waals surface area contributed by atoms with E-state index in [1.54, 1.807) is 18.3 Å². The highest BCUT2D eigenvalue weighted by molar-refractivity contribution is 7.20. The Kier molecular flexibility index (Phi) is 6.85. The molecule has 0 bridgehead atoms. The molecule has 1 N–H and O–H groups in total. The van der Waals surface area contributed by atoms with Gasteiger partial charge in [-0.15, -0.1) is 11.3 Å². The summed E-state index contributed by atoms with van der Waals surface area (Å²) in [6, 6.07) is 13.3. The van der Waals surface area contributed by atoms with E-state index in [-0.39, 0.29) is 17.7 Å². The number of hydrogen-bond acceptors (Lipinski definition) is 5. The van der Waals surface area contributed by atoms with Gasteiger partial charge in [-0.2, -0.15) is 0 Å². The van der Waals surface area contributed by atoms with Crippen LogP contribution in [0.25, 0.3) is 10.4 Å². The van der Waals surface area contributed by atoms with Crippen LogP contribution in [0, 0.1) is 6.92 Å². The molecule has 1 aromatic carbocycles. The van der Waals surface area contributed by atoms with Gasteiger partial charge in [-0.1, -0.05) is 30.3 Å². The summed E-state index contributed by atoms with van der Waals surface area (Å²) in [7, 11) is 0. The molecule has 7 heteroatoms. The first-order chi connectivity index (χ1) is 15.6. The molecule has 6 nitrogen and oxygen atoms in total. The van der Waals surface area contributed by atoms with E-state index in [4.69, 9.17) is 4.74 Å². The smallest absolute Gasteiger partial charge is 0.261 e. The normalized spacial score (nSPS) is 13.6. The quantitative estimate of drug-likeness (QED) is 0.547. The number of nitrogens with zero attached hydrogens (tertiary/aromatic N) is 2. The molecule has 0 saturated carbocycles. The highest BCUT2D eigenvalue weighted by Crippen LogP contribution is 2.41. The van der Waals surface area contributed by atoms with Crippen LogP contribution in [0.3, 0.4) is 0 Å². The third-order valence-electron chi connectivity index (χ3n) is 5.56. The Morgan fingerprint density at radius 3 is 2.56 bits per heavy atom. The maximum absolute atomic E-state index is 13.5. The van der Waals surface area contributed by atoms with E-state index in [2.05, 4.69) is 10.3 Å². The molecule has 1 aliphatic rings. The lowest BCUT2D eigenvalue weighted by Gasteiger charge is -2.27. The van der Waals surface area contributed by atoms with Gasteiger partial charge in [0.05, 0.1) is 12.2 Å². The first-order valence-electron chi connectivity index (χ1n) is 11.0. The van der Waals surface area contributed by atoms with E-state index in [1.165, 1.54) is 11.3 Å². The summed E-state index contributed by atoms with van der Waals surface area (Å²) < 4.78 is 5.52. The minimum atomic E-state index is -0.338. The molecule has 0 atom stereocenters. The Morgan fingerprint density at radius 2 is 1.84 bits per heavy atom. The standard InChI is InChI=1S/C25H27N3O3S/c1-3-31-23-19(13-10-14-26-23)22(29)27-24-20(25(30)28-15-8-5-9-16-28)17(2)21(32-24)18-11-6-4-7-12-18/h4,6-7,10-14H,3,5,8-9,15-16H2,1-2H3,(H,27,29). The topological polar surface area (TPSA) is 71.5 Å². The molecule has 32 heavy (non-hydrogen) atoms. The number of nitrogens with one attached hydrogen (secondary N) is 1. The predicted molar refractivity (Wildman–Crippen MR) is 128 cm³/mol. The summed E-state index contributed by atoms with van der Waals surface area (Å²) in [6.07, 6.45) is 4.76. The Labute approximate surface area is 192 Å². The summed E-state index contributed by atoms with van der Waals surface area (Å²) in [4.78, 5) is 33.7. The van der Waals surface area contributed by atoms with E-state index in [1.807, 2.05) is 49.1 Å². The predicted octanol–water partition coefficient (Wildman–Crippen LogP) is 5.40. The van der Waals surface area contributed by atoms with Crippen molar-refractivity contribution in [1.82, 2.24) is 9.88 Å². The van der Waals surface area contributed by atoms with Gasteiger partial charge in [-0.3, -0.25) is 9.59 Å². The molecule has 3 heterocycles.